The van der Waals surface area contributed by atoms with E-state index >= 15 is 0 Å². The lowest BCUT2D eigenvalue weighted by Gasteiger charge is -2.12. The number of carboxylic acid groups (broad SMARTS) is 1. The molecule has 1 aliphatic rings. The SMILES string of the molecule is C#C.C=C1CCC/C1=N\c1sc(C(=O)O)c(C)c1C(C)=O.COc1cc(C)ccc1OCc1cccc(Cl)c1Cl. The van der Waals surface area contributed by atoms with Crippen molar-refractivity contribution in [3.63, 3.8) is 0 Å². The van der Waals surface area contributed by atoms with Crippen molar-refractivity contribution < 1.29 is 24.2 Å². The molecule has 1 aliphatic carbocycles. The Morgan fingerprint density at radius 1 is 1.12 bits per heavy atom. The van der Waals surface area contributed by atoms with Gasteiger partial charge in [-0.2, -0.15) is 0 Å². The van der Waals surface area contributed by atoms with Gasteiger partial charge in [0.25, 0.3) is 0 Å². The van der Waals surface area contributed by atoms with Crippen molar-refractivity contribution in [2.24, 2.45) is 4.99 Å². The number of allylic oxidation sites excluding steroid dienone is 1. The minimum Gasteiger partial charge on any atom is -0.493 e. The molecule has 40 heavy (non-hydrogen) atoms. The first-order valence-electron chi connectivity index (χ1n) is 12.2. The first-order chi connectivity index (χ1) is 19.0. The number of aryl methyl sites for hydroxylation is 1. The summed E-state index contributed by atoms with van der Waals surface area (Å²) in [4.78, 5) is 27.5. The number of rotatable bonds is 7. The quantitative estimate of drug-likeness (QED) is 0.216. The van der Waals surface area contributed by atoms with Crippen LogP contribution in [0.4, 0.5) is 5.00 Å². The zero-order chi connectivity index (χ0) is 30.0. The Morgan fingerprint density at radius 2 is 1.82 bits per heavy atom. The molecule has 0 spiro atoms. The molecule has 6 nitrogen and oxygen atoms in total. The van der Waals surface area contributed by atoms with Crippen molar-refractivity contribution >= 4 is 57.0 Å². The van der Waals surface area contributed by atoms with Crippen LogP contribution in [0.25, 0.3) is 0 Å². The molecule has 0 radical (unpaired) electrons. The molecule has 4 rings (SSSR count). The van der Waals surface area contributed by atoms with Crippen LogP contribution in [0.15, 0.2) is 53.5 Å². The Balaban J connectivity index is 0.000000264. The van der Waals surface area contributed by atoms with E-state index in [0.29, 0.717) is 44.3 Å². The molecule has 1 saturated carbocycles. The van der Waals surface area contributed by atoms with Gasteiger partial charge >= 0.3 is 5.97 Å². The standard InChI is InChI=1S/C15H14Cl2O2.C14H15NO3S.C2H2/c1-10-6-7-13(14(8-10)18-2)19-9-11-4-3-5-12(16)15(11)17;1-7-5-4-6-10(7)15-13-11(9(3)16)8(2)12(19-13)14(17)18;1-2/h3-8H,9H2,1-2H3;1,4-6H2,2-3H3,(H,17,18);1-2H/b;15-10+;. The third kappa shape index (κ3) is 8.22. The lowest BCUT2D eigenvalue weighted by Crippen LogP contribution is -1.99. The zero-order valence-electron chi connectivity index (χ0n) is 22.8. The molecule has 0 atom stereocenters. The van der Waals surface area contributed by atoms with Crippen LogP contribution in [0.1, 0.15) is 62.9 Å². The molecule has 0 aliphatic heterocycles. The number of ketones is 1. The second-order valence-electron chi connectivity index (χ2n) is 8.77. The van der Waals surface area contributed by atoms with Crippen LogP contribution in [0.3, 0.4) is 0 Å². The van der Waals surface area contributed by atoms with Gasteiger partial charge in [-0.1, -0.05) is 48.0 Å². The van der Waals surface area contributed by atoms with Gasteiger partial charge < -0.3 is 14.6 Å². The summed E-state index contributed by atoms with van der Waals surface area (Å²) < 4.78 is 11.0. The first kappa shape index (κ1) is 32.6. The highest BCUT2D eigenvalue weighted by atomic mass is 35.5. The molecule has 0 bridgehead atoms. The monoisotopic (exact) mass is 599 g/mol. The Labute approximate surface area is 249 Å². The fourth-order valence-corrected chi connectivity index (χ4v) is 5.42. The normalized spacial score (nSPS) is 13.1. The molecule has 210 valence electrons. The highest BCUT2D eigenvalue weighted by molar-refractivity contribution is 7.18. The first-order valence-corrected chi connectivity index (χ1v) is 13.8. The van der Waals surface area contributed by atoms with E-state index in [9.17, 15) is 9.59 Å². The molecule has 0 unspecified atom stereocenters. The second-order valence-corrected chi connectivity index (χ2v) is 10.6. The Morgan fingerprint density at radius 3 is 2.40 bits per heavy atom. The van der Waals surface area contributed by atoms with E-state index in [4.69, 9.17) is 37.8 Å². The van der Waals surface area contributed by atoms with E-state index in [0.717, 1.165) is 53.0 Å². The highest BCUT2D eigenvalue weighted by Gasteiger charge is 2.23. The van der Waals surface area contributed by atoms with Crippen LogP contribution in [0, 0.1) is 26.7 Å². The van der Waals surface area contributed by atoms with Crippen molar-refractivity contribution in [1.82, 2.24) is 0 Å². The lowest BCUT2D eigenvalue weighted by molar-refractivity contribution is 0.0701. The summed E-state index contributed by atoms with van der Waals surface area (Å²) in [6.45, 7) is 9.38. The van der Waals surface area contributed by atoms with Gasteiger partial charge in [0.2, 0.25) is 0 Å². The Bertz CT molecular complexity index is 1460. The highest BCUT2D eigenvalue weighted by Crippen LogP contribution is 2.37. The summed E-state index contributed by atoms with van der Waals surface area (Å²) in [6.07, 6.45) is 10.8. The Kier molecular flexibility index (Phi) is 12.5. The number of benzene rings is 2. The van der Waals surface area contributed by atoms with Gasteiger partial charge in [0.05, 0.1) is 22.7 Å². The van der Waals surface area contributed by atoms with Crippen LogP contribution in [0.2, 0.25) is 10.0 Å². The van der Waals surface area contributed by atoms with E-state index in [-0.39, 0.29) is 10.7 Å². The third-order valence-electron chi connectivity index (χ3n) is 5.95. The number of nitrogens with zero attached hydrogens (tertiary/aromatic N) is 1. The van der Waals surface area contributed by atoms with E-state index in [1.165, 1.54) is 6.92 Å². The van der Waals surface area contributed by atoms with Gasteiger partial charge in [0.15, 0.2) is 17.3 Å². The zero-order valence-corrected chi connectivity index (χ0v) is 25.2. The molecular formula is C31H31Cl2NO5S. The molecule has 1 N–H and O–H groups in total. The number of terminal acetylenes is 1. The summed E-state index contributed by atoms with van der Waals surface area (Å²) in [5, 5.41) is 10.7. The van der Waals surface area contributed by atoms with Crippen molar-refractivity contribution in [3.8, 4) is 24.3 Å². The van der Waals surface area contributed by atoms with Gasteiger partial charge in [-0.05, 0) is 74.9 Å². The van der Waals surface area contributed by atoms with Crippen LogP contribution in [-0.2, 0) is 6.61 Å². The maximum absolute atomic E-state index is 11.7. The van der Waals surface area contributed by atoms with Gasteiger partial charge in [0, 0.05) is 11.3 Å². The van der Waals surface area contributed by atoms with Gasteiger partial charge in [0.1, 0.15) is 16.5 Å². The average Bonchev–Trinajstić information content (AvgIpc) is 3.49. The van der Waals surface area contributed by atoms with E-state index in [1.807, 2.05) is 37.3 Å². The number of carbonyl (C=O) groups is 2. The molecule has 3 aromatic rings. The molecule has 0 saturated heterocycles. The predicted octanol–water partition coefficient (Wildman–Crippen LogP) is 8.91. The number of methoxy groups -OCH3 is 1. The lowest BCUT2D eigenvalue weighted by atomic mass is 10.1. The number of aromatic carboxylic acids is 1. The van der Waals surface area contributed by atoms with Crippen LogP contribution >= 0.6 is 34.5 Å². The molecule has 1 heterocycles. The Hall–Kier alpha value is -3.57. The second kappa shape index (κ2) is 15.3. The van der Waals surface area contributed by atoms with Gasteiger partial charge in [-0.3, -0.25) is 4.79 Å². The fourth-order valence-electron chi connectivity index (χ4n) is 3.95. The van der Waals surface area contributed by atoms with E-state index < -0.39 is 5.97 Å². The maximum Gasteiger partial charge on any atom is 0.346 e. The van der Waals surface area contributed by atoms with E-state index in [2.05, 4.69) is 24.4 Å². The summed E-state index contributed by atoms with van der Waals surface area (Å²) in [5.41, 5.74) is 4.77. The number of ether oxygens (including phenoxy) is 2. The molecule has 2 aromatic carbocycles. The number of carboxylic acids is 1. The summed E-state index contributed by atoms with van der Waals surface area (Å²) in [6, 6.07) is 11.3. The molecule has 1 aromatic heterocycles. The van der Waals surface area contributed by atoms with Crippen LogP contribution in [-0.4, -0.2) is 29.7 Å². The average molecular weight is 601 g/mol. The molecular weight excluding hydrogens is 569 g/mol. The smallest absolute Gasteiger partial charge is 0.346 e. The van der Waals surface area contributed by atoms with Crippen molar-refractivity contribution in [2.75, 3.05) is 7.11 Å². The molecule has 9 heteroatoms. The maximum atomic E-state index is 11.7. The fraction of sp³-hybridized carbons (Fsp3) is 0.258. The van der Waals surface area contributed by atoms with E-state index in [1.54, 1.807) is 20.1 Å². The summed E-state index contributed by atoms with van der Waals surface area (Å²) in [7, 11) is 1.62. The largest absolute Gasteiger partial charge is 0.493 e. The van der Waals surface area contributed by atoms with Crippen LogP contribution in [0.5, 0.6) is 11.5 Å². The van der Waals surface area contributed by atoms with Crippen molar-refractivity contribution in [1.29, 1.82) is 0 Å². The topological polar surface area (TPSA) is 85.2 Å². The minimum atomic E-state index is -1.01. The van der Waals surface area contributed by atoms with Gasteiger partial charge in [-0.15, -0.1) is 24.2 Å². The summed E-state index contributed by atoms with van der Waals surface area (Å²) in [5.74, 6) is 0.230. The number of halogens is 2. The van der Waals surface area contributed by atoms with Crippen LogP contribution < -0.4 is 9.47 Å². The number of hydrogen-bond donors (Lipinski definition) is 1. The van der Waals surface area contributed by atoms with Gasteiger partial charge in [-0.25, -0.2) is 9.79 Å². The minimum absolute atomic E-state index is 0.149. The molecule has 0 amide bonds. The number of thiophene rings is 1. The number of aliphatic imine (C=N–C) groups is 1. The van der Waals surface area contributed by atoms with Crippen molar-refractivity contribution in [3.05, 3.63) is 85.7 Å². The third-order valence-corrected chi connectivity index (χ3v) is 7.98. The van der Waals surface area contributed by atoms with Crippen molar-refractivity contribution in [2.45, 2.75) is 46.6 Å². The number of carbonyl (C=O) groups excluding carboxylic acids is 1. The summed E-state index contributed by atoms with van der Waals surface area (Å²) >= 11 is 13.1. The number of hydrogen-bond acceptors (Lipinski definition) is 6. The predicted molar refractivity (Wildman–Crippen MR) is 165 cm³/mol. The molecule has 1 fully saturated rings. The number of Topliss-reactive ketones (excluding diaryl/α,β-unsaturated/α-hetero) is 1.